The lowest BCUT2D eigenvalue weighted by Crippen LogP contribution is -2.55. The predicted molar refractivity (Wildman–Crippen MR) is 86.6 cm³/mol. The molecule has 1 unspecified atom stereocenters. The van der Waals surface area contributed by atoms with Crippen LogP contribution >= 0.6 is 31.9 Å². The minimum atomic E-state index is -3.65. The third kappa shape index (κ3) is 3.86. The summed E-state index contributed by atoms with van der Waals surface area (Å²) in [6.07, 6.45) is -0.516. The Morgan fingerprint density at radius 1 is 1.43 bits per heavy atom. The van der Waals surface area contributed by atoms with Gasteiger partial charge >= 0.3 is 0 Å². The lowest BCUT2D eigenvalue weighted by molar-refractivity contribution is -0.131. The molecule has 1 aromatic carbocycles. The van der Waals surface area contributed by atoms with E-state index in [2.05, 4.69) is 31.9 Å². The van der Waals surface area contributed by atoms with Crippen molar-refractivity contribution in [3.05, 3.63) is 27.1 Å². The van der Waals surface area contributed by atoms with E-state index in [0.29, 0.717) is 4.47 Å². The molecule has 0 saturated carbocycles. The van der Waals surface area contributed by atoms with Crippen molar-refractivity contribution in [3.63, 3.8) is 0 Å². The van der Waals surface area contributed by atoms with Crippen molar-refractivity contribution in [2.24, 2.45) is 0 Å². The van der Waals surface area contributed by atoms with E-state index in [-0.39, 0.29) is 24.6 Å². The zero-order chi connectivity index (χ0) is 15.8. The molecule has 21 heavy (non-hydrogen) atoms. The summed E-state index contributed by atoms with van der Waals surface area (Å²) in [6, 6.07) is 4.94. The van der Waals surface area contributed by atoms with Crippen LogP contribution in [-0.2, 0) is 14.8 Å². The molecule has 2 rings (SSSR count). The minimum absolute atomic E-state index is 0.144. The number of hydrogen-bond acceptors (Lipinski definition) is 4. The Morgan fingerprint density at radius 3 is 2.67 bits per heavy atom. The molecule has 0 aliphatic carbocycles. The second-order valence-corrected chi connectivity index (χ2v) is 9.23. The zero-order valence-electron chi connectivity index (χ0n) is 11.7. The van der Waals surface area contributed by atoms with Crippen LogP contribution in [0.15, 0.2) is 32.0 Å². The highest BCUT2D eigenvalue weighted by atomic mass is 79.9. The molecule has 1 saturated heterocycles. The van der Waals surface area contributed by atoms with E-state index in [9.17, 15) is 13.5 Å². The smallest absolute Gasteiger partial charge is 0.244 e. The molecule has 1 aliphatic rings. The topological polar surface area (TPSA) is 66.8 Å². The maximum Gasteiger partial charge on any atom is 0.244 e. The molecule has 1 fully saturated rings. The van der Waals surface area contributed by atoms with Crippen molar-refractivity contribution >= 4 is 41.9 Å². The van der Waals surface area contributed by atoms with E-state index >= 15 is 0 Å². The number of halogens is 2. The van der Waals surface area contributed by atoms with Gasteiger partial charge in [-0.2, -0.15) is 4.31 Å². The van der Waals surface area contributed by atoms with E-state index in [1.807, 2.05) is 13.8 Å². The van der Waals surface area contributed by atoms with E-state index < -0.39 is 21.7 Å². The van der Waals surface area contributed by atoms with Gasteiger partial charge in [0.1, 0.15) is 0 Å². The Morgan fingerprint density at radius 2 is 2.10 bits per heavy atom. The molecule has 0 bridgehead atoms. The van der Waals surface area contributed by atoms with Gasteiger partial charge in [-0.15, -0.1) is 0 Å². The maximum absolute atomic E-state index is 12.8. The number of ether oxygens (including phenoxy) is 1. The van der Waals surface area contributed by atoms with Crippen LogP contribution in [0.4, 0.5) is 0 Å². The highest BCUT2D eigenvalue weighted by molar-refractivity contribution is 9.11. The van der Waals surface area contributed by atoms with Gasteiger partial charge in [-0.3, -0.25) is 0 Å². The van der Waals surface area contributed by atoms with E-state index in [1.54, 1.807) is 18.2 Å². The van der Waals surface area contributed by atoms with Crippen molar-refractivity contribution < 1.29 is 18.3 Å². The van der Waals surface area contributed by atoms with Crippen LogP contribution in [0.1, 0.15) is 13.8 Å². The predicted octanol–water partition coefficient (Wildman–Crippen LogP) is 2.37. The first-order valence-electron chi connectivity index (χ1n) is 6.39. The summed E-state index contributed by atoms with van der Waals surface area (Å²) in [5, 5.41) is 9.31. The van der Waals surface area contributed by atoms with Gasteiger partial charge in [-0.1, -0.05) is 15.9 Å². The first-order chi connectivity index (χ1) is 9.65. The van der Waals surface area contributed by atoms with Gasteiger partial charge in [0, 0.05) is 22.0 Å². The van der Waals surface area contributed by atoms with Gasteiger partial charge < -0.3 is 9.84 Å². The second kappa shape index (κ2) is 6.25. The quantitative estimate of drug-likeness (QED) is 0.780. The molecular formula is C13H17Br2NO4S. The van der Waals surface area contributed by atoms with Crippen LogP contribution in [0, 0.1) is 0 Å². The number of sulfonamides is 1. The van der Waals surface area contributed by atoms with Crippen LogP contribution in [0.2, 0.25) is 0 Å². The van der Waals surface area contributed by atoms with Gasteiger partial charge in [0.15, 0.2) is 0 Å². The molecule has 8 heteroatoms. The van der Waals surface area contributed by atoms with Crippen LogP contribution in [-0.4, -0.2) is 49.2 Å². The molecule has 1 atom stereocenters. The Labute approximate surface area is 141 Å². The molecule has 0 radical (unpaired) electrons. The fourth-order valence-electron chi connectivity index (χ4n) is 2.34. The molecule has 1 heterocycles. The minimum Gasteiger partial charge on any atom is -0.394 e. The highest BCUT2D eigenvalue weighted by Crippen LogP contribution is 2.31. The van der Waals surface area contributed by atoms with Gasteiger partial charge in [-0.05, 0) is 48.0 Å². The molecule has 0 amide bonds. The third-order valence-electron chi connectivity index (χ3n) is 3.17. The summed E-state index contributed by atoms with van der Waals surface area (Å²) in [7, 11) is -3.65. The van der Waals surface area contributed by atoms with Gasteiger partial charge in [0.2, 0.25) is 10.0 Å². The molecule has 1 aliphatic heterocycles. The van der Waals surface area contributed by atoms with E-state index in [1.165, 1.54) is 4.31 Å². The summed E-state index contributed by atoms with van der Waals surface area (Å²) in [5.41, 5.74) is -0.638. The number of hydrogen-bond donors (Lipinski definition) is 1. The number of aliphatic hydroxyl groups excluding tert-OH is 1. The maximum atomic E-state index is 12.8. The Bertz CT molecular complexity index is 633. The van der Waals surface area contributed by atoms with Crippen molar-refractivity contribution in [2.75, 3.05) is 19.7 Å². The van der Waals surface area contributed by atoms with E-state index in [4.69, 9.17) is 4.74 Å². The van der Waals surface area contributed by atoms with Gasteiger partial charge in [0.05, 0.1) is 23.2 Å². The first kappa shape index (κ1) is 17.4. The zero-order valence-corrected chi connectivity index (χ0v) is 15.7. The summed E-state index contributed by atoms with van der Waals surface area (Å²) >= 11 is 6.60. The van der Waals surface area contributed by atoms with Crippen molar-refractivity contribution in [1.29, 1.82) is 0 Å². The SMILES string of the molecule is CC1(C)CN(S(=O)(=O)c2ccc(Br)cc2Br)CC(CO)O1. The lowest BCUT2D eigenvalue weighted by atomic mass is 10.1. The Kier molecular flexibility index (Phi) is 5.17. The fraction of sp³-hybridized carbons (Fsp3) is 0.538. The van der Waals surface area contributed by atoms with Gasteiger partial charge in [0.25, 0.3) is 0 Å². The third-order valence-corrected chi connectivity index (χ3v) is 6.45. The first-order valence-corrected chi connectivity index (χ1v) is 9.42. The second-order valence-electron chi connectivity index (χ2n) is 5.55. The normalized spacial score (nSPS) is 23.2. The summed E-state index contributed by atoms with van der Waals surface area (Å²) in [5.74, 6) is 0. The monoisotopic (exact) mass is 441 g/mol. The van der Waals surface area contributed by atoms with Crippen LogP contribution < -0.4 is 0 Å². The summed E-state index contributed by atoms with van der Waals surface area (Å²) in [6.45, 7) is 3.80. The average molecular weight is 443 g/mol. The number of morpholine rings is 1. The molecular weight excluding hydrogens is 426 g/mol. The van der Waals surface area contributed by atoms with Crippen LogP contribution in [0.5, 0.6) is 0 Å². The van der Waals surface area contributed by atoms with Crippen molar-refractivity contribution in [3.8, 4) is 0 Å². The molecule has 118 valence electrons. The fourth-order valence-corrected chi connectivity index (χ4v) is 5.67. The Balaban J connectivity index is 2.38. The molecule has 5 nitrogen and oxygen atoms in total. The number of benzene rings is 1. The molecule has 0 spiro atoms. The molecule has 1 aromatic rings. The van der Waals surface area contributed by atoms with E-state index in [0.717, 1.165) is 4.47 Å². The van der Waals surface area contributed by atoms with Crippen LogP contribution in [0.3, 0.4) is 0 Å². The van der Waals surface area contributed by atoms with Crippen molar-refractivity contribution in [1.82, 2.24) is 4.31 Å². The highest BCUT2D eigenvalue weighted by Gasteiger charge is 2.39. The van der Waals surface area contributed by atoms with Crippen LogP contribution in [0.25, 0.3) is 0 Å². The number of rotatable bonds is 3. The number of nitrogens with zero attached hydrogens (tertiary/aromatic N) is 1. The average Bonchev–Trinajstić information content (AvgIpc) is 2.36. The lowest BCUT2D eigenvalue weighted by Gasteiger charge is -2.41. The molecule has 0 aromatic heterocycles. The molecule has 1 N–H and O–H groups in total. The largest absolute Gasteiger partial charge is 0.394 e. The summed E-state index contributed by atoms with van der Waals surface area (Å²) < 4.78 is 33.9. The Hall–Kier alpha value is 0.01000. The summed E-state index contributed by atoms with van der Waals surface area (Å²) in [4.78, 5) is 0.208. The van der Waals surface area contributed by atoms with Gasteiger partial charge in [-0.25, -0.2) is 8.42 Å². The number of aliphatic hydroxyl groups is 1. The van der Waals surface area contributed by atoms with Crippen molar-refractivity contribution in [2.45, 2.75) is 30.4 Å². The standard InChI is InChI=1S/C13H17Br2NO4S/c1-13(2)8-16(6-10(7-17)20-13)21(18,19)12-4-3-9(14)5-11(12)15/h3-5,10,17H,6-8H2,1-2H3.